The lowest BCUT2D eigenvalue weighted by atomic mass is 9.40. The minimum Gasteiger partial charge on any atom is -0.0842 e. The second-order valence-electron chi connectivity index (χ2n) is 10.0. The van der Waals surface area contributed by atoms with Crippen molar-refractivity contribution < 1.29 is 0 Å². The molecule has 0 aromatic rings. The molecule has 0 amide bonds. The molecule has 2 spiro atoms. The van der Waals surface area contributed by atoms with Crippen LogP contribution in [-0.4, -0.2) is 0 Å². The zero-order valence-electron chi connectivity index (χ0n) is 15.5. The van der Waals surface area contributed by atoms with E-state index in [4.69, 9.17) is 0 Å². The second-order valence-corrected chi connectivity index (χ2v) is 10.0. The van der Waals surface area contributed by atoms with E-state index >= 15 is 0 Å². The first-order valence-corrected chi connectivity index (χ1v) is 10.3. The van der Waals surface area contributed by atoms with Crippen LogP contribution in [0.5, 0.6) is 0 Å². The first-order chi connectivity index (χ1) is 11.5. The lowest BCUT2D eigenvalue weighted by molar-refractivity contribution is -0.0433. The molecular weight excluding hydrogens is 288 g/mol. The summed E-state index contributed by atoms with van der Waals surface area (Å²) in [5.74, 6) is 0. The summed E-state index contributed by atoms with van der Waals surface area (Å²) in [6, 6.07) is 0. The Hall–Kier alpha value is -1.04. The van der Waals surface area contributed by atoms with E-state index in [0.717, 1.165) is 0 Å². The Morgan fingerprint density at radius 2 is 1.00 bits per heavy atom. The molecule has 128 valence electrons. The Labute approximate surface area is 147 Å². The summed E-state index contributed by atoms with van der Waals surface area (Å²) in [6.07, 6.45) is 29.1. The largest absolute Gasteiger partial charge is 0.0842 e. The Morgan fingerprint density at radius 1 is 0.583 bits per heavy atom. The highest BCUT2D eigenvalue weighted by atomic mass is 14.6. The van der Waals surface area contributed by atoms with Gasteiger partial charge in [-0.2, -0.15) is 0 Å². The van der Waals surface area contributed by atoms with Crippen molar-refractivity contribution in [1.29, 1.82) is 0 Å². The van der Waals surface area contributed by atoms with Crippen molar-refractivity contribution in [3.05, 3.63) is 47.6 Å². The van der Waals surface area contributed by atoms with Crippen molar-refractivity contribution in [2.45, 2.75) is 78.1 Å². The van der Waals surface area contributed by atoms with Crippen LogP contribution in [0.1, 0.15) is 78.1 Å². The second kappa shape index (κ2) is 4.77. The molecule has 0 saturated heterocycles. The van der Waals surface area contributed by atoms with E-state index in [0.29, 0.717) is 21.7 Å². The zero-order valence-corrected chi connectivity index (χ0v) is 15.5. The highest BCUT2D eigenvalue weighted by Gasteiger charge is 2.60. The van der Waals surface area contributed by atoms with Crippen molar-refractivity contribution in [2.24, 2.45) is 21.7 Å². The number of hydrogen-bond acceptors (Lipinski definition) is 0. The van der Waals surface area contributed by atoms with E-state index in [2.05, 4.69) is 50.3 Å². The summed E-state index contributed by atoms with van der Waals surface area (Å²) in [4.78, 5) is 0. The maximum atomic E-state index is 2.77. The molecule has 2 unspecified atom stereocenters. The highest BCUT2D eigenvalue weighted by Crippen LogP contribution is 2.70. The molecule has 5 aliphatic carbocycles. The summed E-state index contributed by atoms with van der Waals surface area (Å²) in [5, 5.41) is 0. The van der Waals surface area contributed by atoms with Gasteiger partial charge in [0.1, 0.15) is 0 Å². The number of allylic oxidation sites excluding steroid dienone is 8. The van der Waals surface area contributed by atoms with Gasteiger partial charge in [-0.1, -0.05) is 50.3 Å². The van der Waals surface area contributed by atoms with Crippen LogP contribution in [0.15, 0.2) is 47.6 Å². The first kappa shape index (κ1) is 15.2. The summed E-state index contributed by atoms with van der Waals surface area (Å²) < 4.78 is 0. The maximum absolute atomic E-state index is 2.77. The smallest absolute Gasteiger partial charge is 0.00204 e. The van der Waals surface area contributed by atoms with Crippen LogP contribution in [0.2, 0.25) is 0 Å². The van der Waals surface area contributed by atoms with Crippen molar-refractivity contribution in [2.75, 3.05) is 0 Å². The van der Waals surface area contributed by atoms with Gasteiger partial charge in [0.2, 0.25) is 0 Å². The number of hydrogen-bond donors (Lipinski definition) is 0. The Balaban J connectivity index is 1.57. The van der Waals surface area contributed by atoms with E-state index < -0.39 is 0 Å². The van der Waals surface area contributed by atoms with Crippen molar-refractivity contribution >= 4 is 0 Å². The summed E-state index contributed by atoms with van der Waals surface area (Å²) in [7, 11) is 0. The van der Waals surface area contributed by atoms with Crippen molar-refractivity contribution in [1.82, 2.24) is 0 Å². The van der Waals surface area contributed by atoms with Crippen molar-refractivity contribution in [3.8, 4) is 0 Å². The van der Waals surface area contributed by atoms with Crippen molar-refractivity contribution in [3.63, 3.8) is 0 Å². The van der Waals surface area contributed by atoms with Crippen LogP contribution in [0.3, 0.4) is 0 Å². The molecular formula is C24H32. The van der Waals surface area contributed by atoms with Crippen LogP contribution >= 0.6 is 0 Å². The van der Waals surface area contributed by atoms with Gasteiger partial charge in [-0.25, -0.2) is 0 Å². The predicted octanol–water partition coefficient (Wildman–Crippen LogP) is 6.91. The van der Waals surface area contributed by atoms with Crippen LogP contribution in [-0.2, 0) is 0 Å². The molecule has 0 aliphatic heterocycles. The highest BCUT2D eigenvalue weighted by molar-refractivity contribution is 5.42. The molecule has 24 heavy (non-hydrogen) atoms. The van der Waals surface area contributed by atoms with Crippen LogP contribution in [0.25, 0.3) is 0 Å². The fourth-order valence-electron chi connectivity index (χ4n) is 6.58. The number of fused-ring (bicyclic) bond motifs is 3. The zero-order chi connectivity index (χ0) is 16.5. The third kappa shape index (κ3) is 1.86. The topological polar surface area (TPSA) is 0 Å². The van der Waals surface area contributed by atoms with Gasteiger partial charge in [-0.15, -0.1) is 0 Å². The molecule has 0 N–H and O–H groups in total. The third-order valence-electron chi connectivity index (χ3n) is 8.83. The molecule has 4 atom stereocenters. The van der Waals surface area contributed by atoms with Gasteiger partial charge in [-0.3, -0.25) is 0 Å². The Kier molecular flexibility index (Phi) is 3.03. The Bertz CT molecular complexity index is 629. The summed E-state index contributed by atoms with van der Waals surface area (Å²) in [6.45, 7) is 5.03. The van der Waals surface area contributed by atoms with E-state index in [-0.39, 0.29) is 0 Å². The third-order valence-corrected chi connectivity index (χ3v) is 8.83. The maximum Gasteiger partial charge on any atom is -0.00204 e. The van der Waals surface area contributed by atoms with Crippen LogP contribution in [0.4, 0.5) is 0 Å². The average Bonchev–Trinajstić information content (AvgIpc) is 2.59. The monoisotopic (exact) mass is 320 g/mol. The standard InChI is InChI=1S/C24H32/c1-21-9-5-3-7-19(21)17-23(13-11-21)15-16-24(23)14-12-22(2)10-6-4-8-20(22)18-24/h3-4,7-8,17-18H,5-6,9-16H2,1-2H3/t21-,22-,23?,24?/m1/s1. The van der Waals surface area contributed by atoms with Crippen LogP contribution < -0.4 is 0 Å². The number of rotatable bonds is 0. The minimum absolute atomic E-state index is 0.470. The predicted molar refractivity (Wildman–Crippen MR) is 102 cm³/mol. The lowest BCUT2D eigenvalue weighted by Gasteiger charge is -2.64. The fourth-order valence-corrected chi connectivity index (χ4v) is 6.58. The molecule has 0 bridgehead atoms. The summed E-state index contributed by atoms with van der Waals surface area (Å²) in [5.41, 5.74) is 5.23. The molecule has 0 aromatic heterocycles. The summed E-state index contributed by atoms with van der Waals surface area (Å²) >= 11 is 0. The van der Waals surface area contributed by atoms with Gasteiger partial charge < -0.3 is 0 Å². The molecule has 0 heterocycles. The van der Waals surface area contributed by atoms with Gasteiger partial charge in [0.05, 0.1) is 0 Å². The molecule has 1 saturated carbocycles. The van der Waals surface area contributed by atoms with Gasteiger partial charge in [0, 0.05) is 0 Å². The van der Waals surface area contributed by atoms with E-state index in [1.165, 1.54) is 64.2 Å². The van der Waals surface area contributed by atoms with Crippen LogP contribution in [0, 0.1) is 21.7 Å². The van der Waals surface area contributed by atoms with E-state index in [9.17, 15) is 0 Å². The minimum atomic E-state index is 0.470. The fraction of sp³-hybridized carbons (Fsp3) is 0.667. The van der Waals surface area contributed by atoms with Gasteiger partial charge >= 0.3 is 0 Å². The quantitative estimate of drug-likeness (QED) is 0.455. The lowest BCUT2D eigenvalue weighted by Crippen LogP contribution is -2.54. The van der Waals surface area contributed by atoms with E-state index in [1.807, 2.05) is 0 Å². The van der Waals surface area contributed by atoms with E-state index in [1.54, 1.807) is 11.1 Å². The molecule has 5 rings (SSSR count). The molecule has 0 nitrogen and oxygen atoms in total. The average molecular weight is 321 g/mol. The van der Waals surface area contributed by atoms with Gasteiger partial charge in [-0.05, 0) is 97.0 Å². The van der Waals surface area contributed by atoms with Gasteiger partial charge in [0.15, 0.2) is 0 Å². The molecule has 1 fully saturated rings. The van der Waals surface area contributed by atoms with Gasteiger partial charge in [0.25, 0.3) is 0 Å². The molecule has 0 heteroatoms. The molecule has 5 aliphatic rings. The SMILES string of the molecule is C[C@]12CCC=CC1=CC1(CCC13C=C1C=CCC[C@]1(C)CC3)CC2. The first-order valence-electron chi connectivity index (χ1n) is 10.3. The Morgan fingerprint density at radius 3 is 1.42 bits per heavy atom. The molecule has 0 aromatic carbocycles. The normalized spacial score (nSPS) is 49.2. The molecule has 0 radical (unpaired) electrons.